The number of ketones is 1. The van der Waals surface area contributed by atoms with Crippen LogP contribution in [0.15, 0.2) is 24.3 Å². The highest BCUT2D eigenvalue weighted by Crippen LogP contribution is 2.20. The molecule has 0 aromatic heterocycles. The van der Waals surface area contributed by atoms with Gasteiger partial charge >= 0.3 is 5.97 Å². The van der Waals surface area contributed by atoms with Gasteiger partial charge in [-0.25, -0.2) is 0 Å². The predicted molar refractivity (Wildman–Crippen MR) is 86.5 cm³/mol. The Kier molecular flexibility index (Phi) is 5.50. The fourth-order valence-corrected chi connectivity index (χ4v) is 2.79. The number of Topliss-reactive ketones (excluding diaryl/α,β-unsaturated/α-hetero) is 1. The Balaban J connectivity index is 2.01. The average molecular weight is 318 g/mol. The molecular weight excluding hydrogens is 296 g/mol. The van der Waals surface area contributed by atoms with E-state index in [0.717, 1.165) is 6.42 Å². The summed E-state index contributed by atoms with van der Waals surface area (Å²) in [5, 5.41) is 11.9. The molecule has 124 valence electrons. The zero-order valence-corrected chi connectivity index (χ0v) is 13.4. The van der Waals surface area contributed by atoms with Crippen molar-refractivity contribution in [2.24, 2.45) is 5.92 Å². The van der Waals surface area contributed by atoms with Crippen molar-refractivity contribution in [1.82, 2.24) is 4.90 Å². The summed E-state index contributed by atoms with van der Waals surface area (Å²) in [7, 11) is 0. The number of hydrogen-bond donors (Lipinski definition) is 2. The summed E-state index contributed by atoms with van der Waals surface area (Å²) in [6.07, 6.45) is 1.43. The lowest BCUT2D eigenvalue weighted by Gasteiger charge is -2.34. The molecule has 1 amide bonds. The number of aliphatic carboxylic acids is 1. The van der Waals surface area contributed by atoms with E-state index in [2.05, 4.69) is 5.32 Å². The van der Waals surface area contributed by atoms with E-state index < -0.39 is 17.9 Å². The van der Waals surface area contributed by atoms with Gasteiger partial charge in [0.05, 0.1) is 12.0 Å². The molecule has 1 heterocycles. The Bertz CT molecular complexity index is 614. The van der Waals surface area contributed by atoms with Gasteiger partial charge in [-0.15, -0.1) is 0 Å². The van der Waals surface area contributed by atoms with Gasteiger partial charge in [0.25, 0.3) is 0 Å². The summed E-state index contributed by atoms with van der Waals surface area (Å²) < 4.78 is 0. The molecule has 1 aliphatic heterocycles. The Morgan fingerprint density at radius 1 is 1.35 bits per heavy atom. The lowest BCUT2D eigenvalue weighted by Crippen LogP contribution is -2.48. The summed E-state index contributed by atoms with van der Waals surface area (Å²) in [5.74, 6) is -1.48. The maximum atomic E-state index is 12.4. The number of likely N-dealkylation sites (tertiary alicyclic amines) is 1. The molecule has 1 aromatic carbocycles. The van der Waals surface area contributed by atoms with E-state index in [0.29, 0.717) is 30.8 Å². The Hall–Kier alpha value is -2.21. The van der Waals surface area contributed by atoms with Crippen molar-refractivity contribution in [2.75, 3.05) is 18.4 Å². The summed E-state index contributed by atoms with van der Waals surface area (Å²) in [4.78, 5) is 36.8. The van der Waals surface area contributed by atoms with Crippen LogP contribution >= 0.6 is 0 Å². The minimum absolute atomic E-state index is 0.0607. The van der Waals surface area contributed by atoms with Crippen LogP contribution in [0.5, 0.6) is 0 Å². The molecule has 0 saturated carbocycles. The highest BCUT2D eigenvalue weighted by Gasteiger charge is 2.30. The van der Waals surface area contributed by atoms with E-state index in [9.17, 15) is 14.4 Å². The highest BCUT2D eigenvalue weighted by molar-refractivity contribution is 5.98. The second-order valence-electron chi connectivity index (χ2n) is 5.97. The molecule has 1 fully saturated rings. The monoisotopic (exact) mass is 318 g/mol. The largest absolute Gasteiger partial charge is 0.481 e. The first-order chi connectivity index (χ1) is 10.9. The number of carboxylic acids is 1. The van der Waals surface area contributed by atoms with Crippen molar-refractivity contribution >= 4 is 23.3 Å². The van der Waals surface area contributed by atoms with Gasteiger partial charge in [0.2, 0.25) is 5.91 Å². The Morgan fingerprint density at radius 3 is 2.74 bits per heavy atom. The number of rotatable bonds is 5. The van der Waals surface area contributed by atoms with Gasteiger partial charge in [0, 0.05) is 17.8 Å². The van der Waals surface area contributed by atoms with Crippen molar-refractivity contribution < 1.29 is 19.5 Å². The Labute approximate surface area is 135 Å². The summed E-state index contributed by atoms with van der Waals surface area (Å²) in [5.41, 5.74) is 1.11. The third kappa shape index (κ3) is 4.39. The zero-order chi connectivity index (χ0) is 17.0. The van der Waals surface area contributed by atoms with Gasteiger partial charge < -0.3 is 10.4 Å². The number of carbonyl (C=O) groups excluding carboxylic acids is 2. The predicted octanol–water partition coefficient (Wildman–Crippen LogP) is 2.01. The first-order valence-electron chi connectivity index (χ1n) is 7.77. The second-order valence-corrected chi connectivity index (χ2v) is 5.97. The normalized spacial score (nSPS) is 19.8. The Morgan fingerprint density at radius 2 is 2.09 bits per heavy atom. The first kappa shape index (κ1) is 17.1. The molecule has 6 heteroatoms. The third-order valence-electron chi connectivity index (χ3n) is 4.27. The van der Waals surface area contributed by atoms with Crippen LogP contribution in [0, 0.1) is 5.92 Å². The quantitative estimate of drug-likeness (QED) is 0.811. The van der Waals surface area contributed by atoms with E-state index in [-0.39, 0.29) is 11.7 Å². The second kappa shape index (κ2) is 7.37. The molecule has 2 rings (SSSR count). The number of piperidine rings is 1. The molecular formula is C17H22N2O4. The van der Waals surface area contributed by atoms with Crippen LogP contribution < -0.4 is 5.32 Å². The number of hydrogen-bond acceptors (Lipinski definition) is 4. The van der Waals surface area contributed by atoms with Gasteiger partial charge in [0.1, 0.15) is 0 Å². The van der Waals surface area contributed by atoms with E-state index in [1.807, 2.05) is 4.90 Å². The molecule has 1 aliphatic rings. The summed E-state index contributed by atoms with van der Waals surface area (Å²) in [6, 6.07) is 6.37. The molecule has 1 saturated heterocycles. The van der Waals surface area contributed by atoms with Crippen LogP contribution in [0.1, 0.15) is 37.0 Å². The molecule has 2 unspecified atom stereocenters. The van der Waals surface area contributed by atoms with Crippen LogP contribution in [0.2, 0.25) is 0 Å². The van der Waals surface area contributed by atoms with Gasteiger partial charge in [-0.2, -0.15) is 0 Å². The van der Waals surface area contributed by atoms with E-state index in [1.165, 1.54) is 6.92 Å². The zero-order valence-electron chi connectivity index (χ0n) is 13.4. The van der Waals surface area contributed by atoms with Crippen molar-refractivity contribution in [1.29, 1.82) is 0 Å². The topological polar surface area (TPSA) is 86.7 Å². The third-order valence-corrected chi connectivity index (χ3v) is 4.27. The lowest BCUT2D eigenvalue weighted by molar-refractivity contribution is -0.144. The number of benzene rings is 1. The number of amides is 1. The van der Waals surface area contributed by atoms with Crippen LogP contribution in [0.25, 0.3) is 0 Å². The van der Waals surface area contributed by atoms with Crippen molar-refractivity contribution in [3.05, 3.63) is 29.8 Å². The molecule has 0 bridgehead atoms. The molecule has 23 heavy (non-hydrogen) atoms. The molecule has 6 nitrogen and oxygen atoms in total. The summed E-state index contributed by atoms with van der Waals surface area (Å²) >= 11 is 0. The lowest BCUT2D eigenvalue weighted by atomic mass is 9.97. The fourth-order valence-electron chi connectivity index (χ4n) is 2.79. The minimum Gasteiger partial charge on any atom is -0.481 e. The van der Waals surface area contributed by atoms with Gasteiger partial charge in [-0.05, 0) is 45.4 Å². The number of carboxylic acid groups (broad SMARTS) is 1. The van der Waals surface area contributed by atoms with Crippen molar-refractivity contribution in [3.63, 3.8) is 0 Å². The molecule has 2 atom stereocenters. The number of nitrogens with zero attached hydrogens (tertiary/aromatic N) is 1. The minimum atomic E-state index is -0.809. The van der Waals surface area contributed by atoms with Crippen LogP contribution in [0.4, 0.5) is 5.69 Å². The van der Waals surface area contributed by atoms with E-state index in [4.69, 9.17) is 5.11 Å². The van der Waals surface area contributed by atoms with Crippen LogP contribution in [-0.2, 0) is 9.59 Å². The van der Waals surface area contributed by atoms with Gasteiger partial charge in [-0.1, -0.05) is 12.1 Å². The first-order valence-corrected chi connectivity index (χ1v) is 7.77. The molecule has 1 aromatic rings. The van der Waals surface area contributed by atoms with Gasteiger partial charge in [-0.3, -0.25) is 19.3 Å². The fraction of sp³-hybridized carbons (Fsp3) is 0.471. The van der Waals surface area contributed by atoms with Crippen LogP contribution in [-0.4, -0.2) is 46.8 Å². The number of carbonyl (C=O) groups is 3. The molecule has 2 N–H and O–H groups in total. The molecule has 0 aliphatic carbocycles. The van der Waals surface area contributed by atoms with Crippen molar-refractivity contribution in [3.8, 4) is 0 Å². The molecule has 0 spiro atoms. The standard InChI is InChI=1S/C17H22N2O4/c1-11(19-8-4-6-14(10-19)17(22)23)16(21)18-15-7-3-5-13(9-15)12(2)20/h3,5,7,9,11,14H,4,6,8,10H2,1-2H3,(H,18,21)(H,22,23). The van der Waals surface area contributed by atoms with E-state index >= 15 is 0 Å². The van der Waals surface area contributed by atoms with E-state index in [1.54, 1.807) is 31.2 Å². The maximum Gasteiger partial charge on any atom is 0.307 e. The molecule has 0 radical (unpaired) electrons. The smallest absolute Gasteiger partial charge is 0.307 e. The summed E-state index contributed by atoms with van der Waals surface area (Å²) in [6.45, 7) is 4.35. The number of anilines is 1. The van der Waals surface area contributed by atoms with Crippen molar-refractivity contribution in [2.45, 2.75) is 32.7 Å². The number of nitrogens with one attached hydrogen (secondary N) is 1. The SMILES string of the molecule is CC(=O)c1cccc(NC(=O)C(C)N2CCCC(C(=O)O)C2)c1. The van der Waals surface area contributed by atoms with Crippen LogP contribution in [0.3, 0.4) is 0 Å². The highest BCUT2D eigenvalue weighted by atomic mass is 16.4. The average Bonchev–Trinajstić information content (AvgIpc) is 2.54. The maximum absolute atomic E-state index is 12.4. The van der Waals surface area contributed by atoms with Gasteiger partial charge in [0.15, 0.2) is 5.78 Å².